The number of benzene rings is 2. The molecule has 5 nitrogen and oxygen atoms in total. The summed E-state index contributed by atoms with van der Waals surface area (Å²) in [5.74, 6) is 0.594. The van der Waals surface area contributed by atoms with E-state index in [0.29, 0.717) is 10.9 Å². The maximum atomic E-state index is 8.56. The van der Waals surface area contributed by atoms with Crippen LogP contribution in [0.4, 0.5) is 5.69 Å². The molecule has 2 rings (SSSR count). The summed E-state index contributed by atoms with van der Waals surface area (Å²) < 4.78 is 5.31. The Bertz CT molecular complexity index is 695. The quantitative estimate of drug-likeness (QED) is 0.505. The number of nitriles is 1. The highest BCUT2D eigenvalue weighted by Crippen LogP contribution is 2.15. The molecule has 0 saturated heterocycles. The first-order valence-corrected chi connectivity index (χ1v) is 6.94. The molecule has 0 aromatic heterocycles. The van der Waals surface area contributed by atoms with Crippen LogP contribution in [0.3, 0.4) is 0 Å². The molecule has 0 saturated carbocycles. The second kappa shape index (κ2) is 8.39. The number of hydrogen-bond donors (Lipinski definition) is 2. The third-order valence-corrected chi connectivity index (χ3v) is 2.81. The minimum atomic E-state index is -0.00768. The molecule has 0 spiro atoms. The van der Waals surface area contributed by atoms with Gasteiger partial charge in [0.05, 0.1) is 6.21 Å². The van der Waals surface area contributed by atoms with Crippen molar-refractivity contribution in [3.05, 3.63) is 60.2 Å². The van der Waals surface area contributed by atoms with Crippen molar-refractivity contribution in [2.75, 3.05) is 11.9 Å². The van der Waals surface area contributed by atoms with Gasteiger partial charge in [-0.15, -0.1) is 0 Å². The van der Waals surface area contributed by atoms with Gasteiger partial charge in [0.15, 0.2) is 11.7 Å². The van der Waals surface area contributed by atoms with Crippen molar-refractivity contribution in [2.45, 2.75) is 0 Å². The Morgan fingerprint density at radius 3 is 2.68 bits per heavy atom. The summed E-state index contributed by atoms with van der Waals surface area (Å²) in [5, 5.41) is 16.0. The lowest BCUT2D eigenvalue weighted by Crippen LogP contribution is -2.23. The van der Waals surface area contributed by atoms with Gasteiger partial charge in [-0.2, -0.15) is 10.4 Å². The van der Waals surface area contributed by atoms with Crippen LogP contribution in [0, 0.1) is 11.3 Å². The van der Waals surface area contributed by atoms with E-state index >= 15 is 0 Å². The number of nitrogens with zero attached hydrogens (tertiary/aromatic N) is 2. The third kappa shape index (κ3) is 4.89. The number of hydrazone groups is 1. The van der Waals surface area contributed by atoms with Crippen LogP contribution in [-0.4, -0.2) is 17.9 Å². The molecular weight excluding hydrogens is 296 g/mol. The molecule has 0 unspecified atom stereocenters. The van der Waals surface area contributed by atoms with Crippen molar-refractivity contribution in [3.8, 4) is 11.8 Å². The Labute approximate surface area is 134 Å². The Morgan fingerprint density at radius 1 is 1.18 bits per heavy atom. The van der Waals surface area contributed by atoms with E-state index in [0.717, 1.165) is 11.3 Å². The number of hydrogen-bond acceptors (Lipinski definition) is 4. The average Bonchev–Trinajstić information content (AvgIpc) is 2.55. The molecule has 0 fully saturated rings. The van der Waals surface area contributed by atoms with Gasteiger partial charge in [-0.25, -0.2) is 0 Å². The van der Waals surface area contributed by atoms with E-state index < -0.39 is 0 Å². The van der Waals surface area contributed by atoms with Crippen molar-refractivity contribution >= 4 is 29.2 Å². The fourth-order valence-electron chi connectivity index (χ4n) is 1.67. The van der Waals surface area contributed by atoms with Gasteiger partial charge in [0.1, 0.15) is 11.8 Å². The minimum Gasteiger partial charge on any atom is -0.478 e. The maximum Gasteiger partial charge on any atom is 0.191 e. The Balaban J connectivity index is 1.92. The highest BCUT2D eigenvalue weighted by Gasteiger charge is 2.00. The van der Waals surface area contributed by atoms with Crippen molar-refractivity contribution < 1.29 is 4.74 Å². The van der Waals surface area contributed by atoms with Gasteiger partial charge in [-0.05, 0) is 36.5 Å². The van der Waals surface area contributed by atoms with E-state index in [-0.39, 0.29) is 6.61 Å². The second-order valence-electron chi connectivity index (χ2n) is 4.17. The van der Waals surface area contributed by atoms with Crippen LogP contribution in [-0.2, 0) is 0 Å². The Hall–Kier alpha value is -2.91. The predicted octanol–water partition coefficient (Wildman–Crippen LogP) is 2.91. The highest BCUT2D eigenvalue weighted by atomic mass is 32.1. The number of ether oxygens (including phenoxy) is 1. The first kappa shape index (κ1) is 15.5. The first-order valence-electron chi connectivity index (χ1n) is 6.53. The van der Waals surface area contributed by atoms with Crippen LogP contribution in [0.15, 0.2) is 59.7 Å². The van der Waals surface area contributed by atoms with Gasteiger partial charge in [0, 0.05) is 11.3 Å². The number of rotatable bonds is 5. The molecule has 0 aliphatic carbocycles. The SMILES string of the molecule is N#CCOc1ccccc1/C=N\NC(=S)Nc1ccccc1. The average molecular weight is 310 g/mol. The Kier molecular flexibility index (Phi) is 5.91. The molecule has 0 aliphatic heterocycles. The standard InChI is InChI=1S/C16H14N4OS/c17-10-11-21-15-9-5-4-6-13(15)12-18-20-16(22)19-14-7-2-1-3-8-14/h1-9,12H,11H2,(H2,19,20,22)/b18-12-. The van der Waals surface area contributed by atoms with Crippen LogP contribution in [0.2, 0.25) is 0 Å². The van der Waals surface area contributed by atoms with E-state index in [9.17, 15) is 0 Å². The zero-order valence-corrected chi connectivity index (χ0v) is 12.5. The van der Waals surface area contributed by atoms with Gasteiger partial charge in [0.2, 0.25) is 0 Å². The molecule has 2 aromatic carbocycles. The molecule has 0 atom stereocenters. The minimum absolute atomic E-state index is 0.00768. The van der Waals surface area contributed by atoms with E-state index in [1.54, 1.807) is 12.3 Å². The molecule has 0 bridgehead atoms. The van der Waals surface area contributed by atoms with Crippen molar-refractivity contribution in [1.82, 2.24) is 5.43 Å². The molecule has 2 N–H and O–H groups in total. The largest absolute Gasteiger partial charge is 0.478 e. The molecule has 0 radical (unpaired) electrons. The molecule has 110 valence electrons. The van der Waals surface area contributed by atoms with E-state index in [4.69, 9.17) is 22.2 Å². The van der Waals surface area contributed by atoms with E-state index in [1.807, 2.05) is 54.6 Å². The summed E-state index contributed by atoms with van der Waals surface area (Å²) in [5.41, 5.74) is 4.37. The molecule has 0 amide bonds. The van der Waals surface area contributed by atoms with Gasteiger partial charge < -0.3 is 10.1 Å². The number of anilines is 1. The number of para-hydroxylation sites is 2. The maximum absolute atomic E-state index is 8.56. The smallest absolute Gasteiger partial charge is 0.191 e. The van der Waals surface area contributed by atoms with E-state index in [2.05, 4.69) is 15.8 Å². The van der Waals surface area contributed by atoms with Crippen LogP contribution >= 0.6 is 12.2 Å². The van der Waals surface area contributed by atoms with Gasteiger partial charge in [-0.3, -0.25) is 5.43 Å². The predicted molar refractivity (Wildman–Crippen MR) is 90.9 cm³/mol. The molecular formula is C16H14N4OS. The van der Waals surface area contributed by atoms with Crippen LogP contribution in [0.5, 0.6) is 5.75 Å². The lowest BCUT2D eigenvalue weighted by Gasteiger charge is -2.07. The van der Waals surface area contributed by atoms with Crippen molar-refractivity contribution in [1.29, 1.82) is 5.26 Å². The lowest BCUT2D eigenvalue weighted by molar-refractivity contribution is 0.367. The highest BCUT2D eigenvalue weighted by molar-refractivity contribution is 7.80. The Morgan fingerprint density at radius 2 is 1.91 bits per heavy atom. The lowest BCUT2D eigenvalue weighted by atomic mass is 10.2. The van der Waals surface area contributed by atoms with Crippen LogP contribution in [0.25, 0.3) is 0 Å². The summed E-state index contributed by atoms with van der Waals surface area (Å²) in [4.78, 5) is 0. The monoisotopic (exact) mass is 310 g/mol. The second-order valence-corrected chi connectivity index (χ2v) is 4.58. The first-order chi connectivity index (χ1) is 10.8. The number of nitrogens with one attached hydrogen (secondary N) is 2. The zero-order valence-electron chi connectivity index (χ0n) is 11.7. The molecule has 22 heavy (non-hydrogen) atoms. The van der Waals surface area contributed by atoms with Gasteiger partial charge in [-0.1, -0.05) is 30.3 Å². The van der Waals surface area contributed by atoms with Gasteiger partial charge >= 0.3 is 0 Å². The molecule has 0 aliphatic rings. The summed E-state index contributed by atoms with van der Waals surface area (Å²) in [6.45, 7) is -0.00768. The normalized spacial score (nSPS) is 9.95. The number of thiocarbonyl (C=S) groups is 1. The molecule has 0 heterocycles. The van der Waals surface area contributed by atoms with Crippen molar-refractivity contribution in [3.63, 3.8) is 0 Å². The van der Waals surface area contributed by atoms with Crippen LogP contribution in [0.1, 0.15) is 5.56 Å². The summed E-state index contributed by atoms with van der Waals surface area (Å²) >= 11 is 5.14. The fraction of sp³-hybridized carbons (Fsp3) is 0.0625. The fourth-order valence-corrected chi connectivity index (χ4v) is 1.84. The van der Waals surface area contributed by atoms with Crippen LogP contribution < -0.4 is 15.5 Å². The molecule has 2 aromatic rings. The van der Waals surface area contributed by atoms with Gasteiger partial charge in [0.25, 0.3) is 0 Å². The topological polar surface area (TPSA) is 69.4 Å². The summed E-state index contributed by atoms with van der Waals surface area (Å²) in [6, 6.07) is 18.8. The zero-order chi connectivity index (χ0) is 15.6. The summed E-state index contributed by atoms with van der Waals surface area (Å²) in [6.07, 6.45) is 1.59. The molecule has 6 heteroatoms. The summed E-state index contributed by atoms with van der Waals surface area (Å²) in [7, 11) is 0. The third-order valence-electron chi connectivity index (χ3n) is 2.61. The van der Waals surface area contributed by atoms with E-state index in [1.165, 1.54) is 0 Å². The van der Waals surface area contributed by atoms with Crippen molar-refractivity contribution in [2.24, 2.45) is 5.10 Å².